The van der Waals surface area contributed by atoms with Crippen molar-refractivity contribution < 1.29 is 0 Å². The van der Waals surface area contributed by atoms with Crippen molar-refractivity contribution in [2.75, 3.05) is 9.80 Å². The van der Waals surface area contributed by atoms with Crippen LogP contribution in [0.5, 0.6) is 0 Å². The Morgan fingerprint density at radius 2 is 0.615 bits per heavy atom. The van der Waals surface area contributed by atoms with Crippen LogP contribution in [0.1, 0.15) is 79.0 Å². The van der Waals surface area contributed by atoms with Gasteiger partial charge in [-0.15, -0.1) is 0 Å². The quantitative estimate of drug-likeness (QED) is 0.111. The number of hydrogen-bond donors (Lipinski definition) is 0. The topological polar surface area (TPSA) is 6.48 Å². The summed E-state index contributed by atoms with van der Waals surface area (Å²) in [5.41, 5.74) is 28.5. The molecule has 14 aromatic rings. The number of nitrogens with zero attached hydrogens (tertiary/aromatic N) is 2. The van der Waals surface area contributed by atoms with Crippen molar-refractivity contribution in [3.8, 4) is 66.8 Å². The molecule has 0 spiro atoms. The Hall–Kier alpha value is -10.2. The minimum Gasteiger partial charge on any atom is -0.310 e. The van der Waals surface area contributed by atoms with E-state index >= 15 is 0 Å². The van der Waals surface area contributed by atoms with Crippen LogP contribution in [-0.2, 0) is 16.2 Å². The summed E-state index contributed by atoms with van der Waals surface area (Å²) in [5.74, 6) is 0. The molecule has 438 valence electrons. The van der Waals surface area contributed by atoms with Crippen LogP contribution in [0.3, 0.4) is 0 Å². The first-order valence-corrected chi connectivity index (χ1v) is 32.4. The molecule has 0 fully saturated rings. The standard InChI is InChI=1S/C88H73BN2/c1-86(2,3)66-47-63-41-42-64-48-67(87(4,5)6)53-74-73(50-65(49-66)81(63)82(64)74)62-44-46-78-76(52-62)89-75-51-61(56-27-15-10-16-28-56)43-45-77(75)90(84-69(57-29-17-11-18-30-57)37-25-38-70(84)58-31-19-12-20-32-58)79-54-68(88(7,8)9)55-80(83(79)89)91(78)85-71(59-33-21-13-22-34-59)39-26-40-72(85)60-35-23-14-24-36-60/h10-55H,1-9H3. The van der Waals surface area contributed by atoms with Crippen LogP contribution in [-0.4, -0.2) is 6.71 Å². The highest BCUT2D eigenvalue weighted by molar-refractivity contribution is 7.00. The number of hydrogen-bond acceptors (Lipinski definition) is 2. The fraction of sp³-hybridized carbons (Fsp3) is 0.136. The van der Waals surface area contributed by atoms with Crippen molar-refractivity contribution in [2.24, 2.45) is 0 Å². The highest BCUT2D eigenvalue weighted by Gasteiger charge is 2.46. The zero-order valence-corrected chi connectivity index (χ0v) is 53.5. The summed E-state index contributed by atoms with van der Waals surface area (Å²) in [6, 6.07) is 106. The van der Waals surface area contributed by atoms with Gasteiger partial charge in [0.15, 0.2) is 0 Å². The molecule has 16 rings (SSSR count). The van der Waals surface area contributed by atoms with Gasteiger partial charge in [0, 0.05) is 45.0 Å². The van der Waals surface area contributed by atoms with Crippen LogP contribution < -0.4 is 26.2 Å². The van der Waals surface area contributed by atoms with Gasteiger partial charge in [-0.2, -0.15) is 0 Å². The molecule has 0 N–H and O–H groups in total. The zero-order chi connectivity index (χ0) is 62.1. The second-order valence-electron chi connectivity index (χ2n) is 28.5. The summed E-state index contributed by atoms with van der Waals surface area (Å²) >= 11 is 0. The van der Waals surface area contributed by atoms with Gasteiger partial charge in [0.2, 0.25) is 0 Å². The first-order valence-electron chi connectivity index (χ1n) is 32.4. The number of fused-ring (bicyclic) bond motifs is 4. The minimum atomic E-state index is -0.255. The monoisotopic (exact) mass is 1170 g/mol. The molecule has 0 saturated carbocycles. The molecule has 0 radical (unpaired) electrons. The Morgan fingerprint density at radius 1 is 0.253 bits per heavy atom. The zero-order valence-electron chi connectivity index (χ0n) is 53.5. The number of para-hydroxylation sites is 2. The van der Waals surface area contributed by atoms with Crippen molar-refractivity contribution >= 4 is 89.5 Å². The molecule has 3 heteroatoms. The smallest absolute Gasteiger partial charge is 0.252 e. The number of anilines is 6. The molecule has 0 aliphatic carbocycles. The van der Waals surface area contributed by atoms with E-state index in [4.69, 9.17) is 0 Å². The van der Waals surface area contributed by atoms with Gasteiger partial charge in [-0.25, -0.2) is 0 Å². The van der Waals surface area contributed by atoms with Crippen molar-refractivity contribution in [1.29, 1.82) is 0 Å². The largest absolute Gasteiger partial charge is 0.310 e. The van der Waals surface area contributed by atoms with Crippen LogP contribution in [0.2, 0.25) is 0 Å². The molecule has 14 aromatic carbocycles. The Morgan fingerprint density at radius 3 is 1.04 bits per heavy atom. The van der Waals surface area contributed by atoms with E-state index < -0.39 is 0 Å². The van der Waals surface area contributed by atoms with Crippen molar-refractivity contribution in [1.82, 2.24) is 0 Å². The van der Waals surface area contributed by atoms with Crippen molar-refractivity contribution in [3.63, 3.8) is 0 Å². The second-order valence-corrected chi connectivity index (χ2v) is 28.5. The number of rotatable bonds is 8. The first-order chi connectivity index (χ1) is 44.0. The average molecular weight is 1170 g/mol. The molecule has 0 unspecified atom stereocenters. The molecule has 0 atom stereocenters. The summed E-state index contributed by atoms with van der Waals surface area (Å²) in [6.07, 6.45) is 0. The summed E-state index contributed by atoms with van der Waals surface area (Å²) in [6.45, 7) is 21.0. The lowest BCUT2D eigenvalue weighted by atomic mass is 9.33. The van der Waals surface area contributed by atoms with Crippen LogP contribution >= 0.6 is 0 Å². The van der Waals surface area contributed by atoms with Gasteiger partial charge in [-0.1, -0.05) is 305 Å². The van der Waals surface area contributed by atoms with Crippen LogP contribution in [0.4, 0.5) is 34.1 Å². The van der Waals surface area contributed by atoms with E-state index in [-0.39, 0.29) is 23.0 Å². The Bertz CT molecular complexity index is 5010. The first kappa shape index (κ1) is 56.1. The summed E-state index contributed by atoms with van der Waals surface area (Å²) in [4.78, 5) is 5.37. The van der Waals surface area contributed by atoms with Gasteiger partial charge in [-0.05, 0) is 163 Å². The molecule has 2 aliphatic rings. The minimum absolute atomic E-state index is 0.0454. The molecule has 0 bridgehead atoms. The fourth-order valence-electron chi connectivity index (χ4n) is 14.9. The predicted molar refractivity (Wildman–Crippen MR) is 393 cm³/mol. The van der Waals surface area contributed by atoms with E-state index in [1.165, 1.54) is 144 Å². The molecule has 0 aromatic heterocycles. The van der Waals surface area contributed by atoms with Gasteiger partial charge in [0.05, 0.1) is 11.4 Å². The third kappa shape index (κ3) is 9.39. The van der Waals surface area contributed by atoms with Gasteiger partial charge in [0.1, 0.15) is 0 Å². The maximum Gasteiger partial charge on any atom is 0.252 e. The van der Waals surface area contributed by atoms with E-state index in [2.05, 4.69) is 351 Å². The Labute approximate surface area is 537 Å². The van der Waals surface area contributed by atoms with E-state index in [0.29, 0.717) is 0 Å². The van der Waals surface area contributed by atoms with Gasteiger partial charge in [-0.3, -0.25) is 0 Å². The lowest BCUT2D eigenvalue weighted by molar-refractivity contribution is 0.590. The average Bonchev–Trinajstić information content (AvgIpc) is 0.696. The molecule has 0 amide bonds. The summed E-state index contributed by atoms with van der Waals surface area (Å²) in [5, 5.41) is 7.83. The molecule has 91 heavy (non-hydrogen) atoms. The van der Waals surface area contributed by atoms with Gasteiger partial charge < -0.3 is 9.80 Å². The second kappa shape index (κ2) is 21.2. The van der Waals surface area contributed by atoms with Crippen molar-refractivity contribution in [2.45, 2.75) is 78.6 Å². The van der Waals surface area contributed by atoms with Gasteiger partial charge in [0.25, 0.3) is 6.71 Å². The SMILES string of the molecule is CC(C)(C)c1cc2c3c(c1)N(c1c(-c4ccccc4)cccc1-c1ccccc1)c1ccc(-c4cc5cc(C(C)(C)C)cc6ccc7cc(C(C)(C)C)cc4c7c65)cc1B3c1cc(-c3ccccc3)ccc1N2c1c(-c2ccccc2)cccc1-c1ccccc1. The highest BCUT2D eigenvalue weighted by Crippen LogP contribution is 2.55. The molecule has 2 heterocycles. The maximum atomic E-state index is 2.69. The number of benzene rings is 14. The third-order valence-electron chi connectivity index (χ3n) is 19.6. The van der Waals surface area contributed by atoms with E-state index in [1.54, 1.807) is 0 Å². The summed E-state index contributed by atoms with van der Waals surface area (Å²) < 4.78 is 0. The Balaban J connectivity index is 1.09. The maximum absolute atomic E-state index is 2.69. The van der Waals surface area contributed by atoms with E-state index in [9.17, 15) is 0 Å². The molecule has 2 nitrogen and oxygen atoms in total. The lowest BCUT2D eigenvalue weighted by Gasteiger charge is -2.46. The molecule has 0 saturated heterocycles. The lowest BCUT2D eigenvalue weighted by Crippen LogP contribution is -2.61. The van der Waals surface area contributed by atoms with Crippen LogP contribution in [0, 0.1) is 0 Å². The predicted octanol–water partition coefficient (Wildman–Crippen LogP) is 22.6. The van der Waals surface area contributed by atoms with Crippen LogP contribution in [0.15, 0.2) is 279 Å². The summed E-state index contributed by atoms with van der Waals surface area (Å²) in [7, 11) is 0. The Kier molecular flexibility index (Phi) is 13.1. The molecular formula is C88H73BN2. The highest BCUT2D eigenvalue weighted by atomic mass is 15.2. The van der Waals surface area contributed by atoms with E-state index in [0.717, 1.165) is 22.5 Å². The normalized spacial score (nSPS) is 13.0. The van der Waals surface area contributed by atoms with Crippen molar-refractivity contribution in [3.05, 3.63) is 296 Å². The van der Waals surface area contributed by atoms with Gasteiger partial charge >= 0.3 is 0 Å². The third-order valence-corrected chi connectivity index (χ3v) is 19.6. The van der Waals surface area contributed by atoms with Crippen LogP contribution in [0.25, 0.3) is 99.1 Å². The molecular weight excluding hydrogens is 1100 g/mol. The van der Waals surface area contributed by atoms with E-state index in [1.807, 2.05) is 0 Å². The molecule has 2 aliphatic heterocycles. The fourth-order valence-corrected chi connectivity index (χ4v) is 14.9.